The highest BCUT2D eigenvalue weighted by atomic mass is 32.2. The lowest BCUT2D eigenvalue weighted by Crippen LogP contribution is -2.07. The maximum Gasteiger partial charge on any atom is 0.337 e. The van der Waals surface area contributed by atoms with Crippen LogP contribution in [0.2, 0.25) is 0 Å². The van der Waals surface area contributed by atoms with Crippen molar-refractivity contribution < 1.29 is 17.9 Å². The fourth-order valence-corrected chi connectivity index (χ4v) is 2.87. The van der Waals surface area contributed by atoms with Crippen LogP contribution in [0.15, 0.2) is 29.2 Å². The molecule has 96 valence electrons. The second-order valence-corrected chi connectivity index (χ2v) is 5.95. The highest BCUT2D eigenvalue weighted by Crippen LogP contribution is 2.17. The van der Waals surface area contributed by atoms with Crippen LogP contribution in [0.3, 0.4) is 0 Å². The third-order valence-electron chi connectivity index (χ3n) is 2.65. The van der Waals surface area contributed by atoms with E-state index < -0.39 is 15.8 Å². The van der Waals surface area contributed by atoms with Gasteiger partial charge in [0.2, 0.25) is 0 Å². The molecule has 0 amide bonds. The molecular weight excluding hydrogens is 254 g/mol. The fraction of sp³-hybridized carbons (Fsp3) is 0.250. The monoisotopic (exact) mass is 267 g/mol. The summed E-state index contributed by atoms with van der Waals surface area (Å²) in [4.78, 5) is 11.6. The Balaban J connectivity index is 2.26. The first-order valence-corrected chi connectivity index (χ1v) is 7.00. The first kappa shape index (κ1) is 12.8. The number of esters is 1. The van der Waals surface area contributed by atoms with Gasteiger partial charge < -0.3 is 4.74 Å². The van der Waals surface area contributed by atoms with Crippen LogP contribution in [0, 0.1) is 0 Å². The van der Waals surface area contributed by atoms with Crippen molar-refractivity contribution in [2.45, 2.75) is 0 Å². The minimum absolute atomic E-state index is 0.0148. The third kappa shape index (κ3) is 2.60. The molecule has 0 unspecified atom stereocenters. The van der Waals surface area contributed by atoms with Gasteiger partial charge in [0, 0.05) is 6.54 Å². The van der Waals surface area contributed by atoms with Crippen LogP contribution >= 0.6 is 0 Å². The Labute approximate surface area is 105 Å². The van der Waals surface area contributed by atoms with Crippen molar-refractivity contribution in [2.24, 2.45) is 0 Å². The van der Waals surface area contributed by atoms with Crippen LogP contribution < -0.4 is 5.32 Å². The lowest BCUT2D eigenvalue weighted by Gasteiger charge is -2.00. The molecule has 0 bridgehead atoms. The number of carbonyl (C=O) groups excluding carboxylic acids is 1. The molecule has 6 heteroatoms. The Morgan fingerprint density at radius 2 is 2.00 bits per heavy atom. The molecule has 0 radical (unpaired) electrons. The minimum atomic E-state index is -3.16. The number of hydrogen-bond donors (Lipinski definition) is 1. The van der Waals surface area contributed by atoms with Crippen LogP contribution in [-0.4, -0.2) is 33.9 Å². The molecule has 0 aromatic heterocycles. The standard InChI is InChI=1S/C12H13NO4S/c1-17-12(14)10-4-2-9(3-5-10)6-11-7-13-8-18(11,15)16/h2-6,13H,7-8H2,1H3/b11-6+. The van der Waals surface area contributed by atoms with Gasteiger partial charge in [0.05, 0.1) is 17.6 Å². The summed E-state index contributed by atoms with van der Waals surface area (Å²) in [7, 11) is -1.84. The number of sulfone groups is 1. The molecule has 18 heavy (non-hydrogen) atoms. The molecule has 1 aliphatic rings. The van der Waals surface area contributed by atoms with Crippen LogP contribution in [0.4, 0.5) is 0 Å². The molecule has 1 aromatic carbocycles. The summed E-state index contributed by atoms with van der Waals surface area (Å²) in [5, 5.41) is 2.79. The van der Waals surface area contributed by atoms with E-state index in [1.54, 1.807) is 30.3 Å². The lowest BCUT2D eigenvalue weighted by molar-refractivity contribution is 0.0600. The summed E-state index contributed by atoms with van der Waals surface area (Å²) in [5.74, 6) is -0.427. The maximum atomic E-state index is 11.6. The van der Waals surface area contributed by atoms with E-state index in [1.165, 1.54) is 7.11 Å². The first-order chi connectivity index (χ1) is 8.53. The fourth-order valence-electron chi connectivity index (χ4n) is 1.67. The Kier molecular flexibility index (Phi) is 3.49. The van der Waals surface area contributed by atoms with Crippen LogP contribution in [0.1, 0.15) is 15.9 Å². The van der Waals surface area contributed by atoms with Gasteiger partial charge in [-0.3, -0.25) is 5.32 Å². The SMILES string of the molecule is COC(=O)c1ccc(/C=C2\CNCS2(=O)=O)cc1. The predicted molar refractivity (Wildman–Crippen MR) is 67.5 cm³/mol. The van der Waals surface area contributed by atoms with Gasteiger partial charge >= 0.3 is 5.97 Å². The van der Waals surface area contributed by atoms with Gasteiger partial charge in [-0.15, -0.1) is 0 Å². The smallest absolute Gasteiger partial charge is 0.337 e. The van der Waals surface area contributed by atoms with Crippen LogP contribution in [0.5, 0.6) is 0 Å². The molecule has 1 heterocycles. The molecule has 1 fully saturated rings. The summed E-state index contributed by atoms with van der Waals surface area (Å²) < 4.78 is 27.7. The molecule has 1 aliphatic heterocycles. The average Bonchev–Trinajstić information content (AvgIpc) is 2.69. The number of methoxy groups -OCH3 is 1. The number of hydrogen-bond acceptors (Lipinski definition) is 5. The Hall–Kier alpha value is -1.66. The Morgan fingerprint density at radius 1 is 1.33 bits per heavy atom. The van der Waals surface area contributed by atoms with Crippen molar-refractivity contribution in [1.82, 2.24) is 5.32 Å². The van der Waals surface area contributed by atoms with Crippen molar-refractivity contribution in [3.63, 3.8) is 0 Å². The van der Waals surface area contributed by atoms with E-state index in [0.717, 1.165) is 5.56 Å². The number of carbonyl (C=O) groups is 1. The zero-order valence-electron chi connectivity index (χ0n) is 9.84. The Bertz CT molecular complexity index is 587. The highest BCUT2D eigenvalue weighted by Gasteiger charge is 2.23. The molecule has 2 rings (SSSR count). The van der Waals surface area contributed by atoms with Crippen molar-refractivity contribution in [3.05, 3.63) is 40.3 Å². The molecule has 0 spiro atoms. The third-order valence-corrected chi connectivity index (χ3v) is 4.30. The molecule has 1 saturated heterocycles. The largest absolute Gasteiger partial charge is 0.465 e. The van der Waals surface area contributed by atoms with Gasteiger partial charge in [0.1, 0.15) is 5.88 Å². The molecule has 1 aromatic rings. The van der Waals surface area contributed by atoms with Crippen molar-refractivity contribution in [3.8, 4) is 0 Å². The van der Waals surface area contributed by atoms with E-state index in [9.17, 15) is 13.2 Å². The van der Waals surface area contributed by atoms with Crippen molar-refractivity contribution >= 4 is 21.9 Å². The Morgan fingerprint density at radius 3 is 2.50 bits per heavy atom. The summed E-state index contributed by atoms with van der Waals surface area (Å²) in [5.41, 5.74) is 1.18. The zero-order chi connectivity index (χ0) is 13.2. The number of rotatable bonds is 2. The van der Waals surface area contributed by atoms with Gasteiger partial charge in [-0.25, -0.2) is 13.2 Å². The molecule has 1 N–H and O–H groups in total. The van der Waals surface area contributed by atoms with E-state index in [4.69, 9.17) is 0 Å². The van der Waals surface area contributed by atoms with E-state index in [2.05, 4.69) is 10.1 Å². The number of benzene rings is 1. The van der Waals surface area contributed by atoms with Gasteiger partial charge in [-0.2, -0.15) is 0 Å². The van der Waals surface area contributed by atoms with Gasteiger partial charge in [0.25, 0.3) is 0 Å². The van der Waals surface area contributed by atoms with Crippen molar-refractivity contribution in [1.29, 1.82) is 0 Å². The second kappa shape index (κ2) is 4.91. The number of ether oxygens (including phenoxy) is 1. The lowest BCUT2D eigenvalue weighted by atomic mass is 10.1. The molecular formula is C12H13NO4S. The van der Waals surface area contributed by atoms with Crippen LogP contribution in [-0.2, 0) is 14.6 Å². The average molecular weight is 267 g/mol. The normalized spacial score (nSPS) is 19.9. The summed E-state index contributed by atoms with van der Waals surface area (Å²) in [6.45, 7) is 0.348. The number of nitrogens with one attached hydrogen (secondary N) is 1. The highest BCUT2D eigenvalue weighted by molar-refractivity contribution is 7.95. The summed E-state index contributed by atoms with van der Waals surface area (Å²) in [6, 6.07) is 6.58. The van der Waals surface area contributed by atoms with E-state index in [1.807, 2.05) is 0 Å². The van der Waals surface area contributed by atoms with Crippen LogP contribution in [0.25, 0.3) is 6.08 Å². The van der Waals surface area contributed by atoms with E-state index in [-0.39, 0.29) is 5.88 Å². The molecule has 0 aliphatic carbocycles. The summed E-state index contributed by atoms with van der Waals surface area (Å²) >= 11 is 0. The van der Waals surface area contributed by atoms with Gasteiger partial charge in [-0.1, -0.05) is 12.1 Å². The van der Waals surface area contributed by atoms with Gasteiger partial charge in [0.15, 0.2) is 9.84 Å². The predicted octanol–water partition coefficient (Wildman–Crippen LogP) is 0.790. The maximum absolute atomic E-state index is 11.6. The van der Waals surface area contributed by atoms with E-state index >= 15 is 0 Å². The molecule has 5 nitrogen and oxygen atoms in total. The first-order valence-electron chi connectivity index (χ1n) is 5.35. The second-order valence-electron chi connectivity index (χ2n) is 3.91. The zero-order valence-corrected chi connectivity index (χ0v) is 10.7. The quantitative estimate of drug-likeness (QED) is 0.802. The molecule has 0 saturated carbocycles. The summed E-state index contributed by atoms with van der Waals surface area (Å²) in [6.07, 6.45) is 1.61. The van der Waals surface area contributed by atoms with E-state index in [0.29, 0.717) is 17.0 Å². The van der Waals surface area contributed by atoms with Gasteiger partial charge in [-0.05, 0) is 23.8 Å². The minimum Gasteiger partial charge on any atom is -0.465 e. The van der Waals surface area contributed by atoms with Crippen molar-refractivity contribution in [2.75, 3.05) is 19.5 Å². The molecule has 0 atom stereocenters. The topological polar surface area (TPSA) is 72.5 Å².